The summed E-state index contributed by atoms with van der Waals surface area (Å²) in [5.74, 6) is -0.421. The molecular formula is C22H22ClNO5. The Morgan fingerprint density at radius 2 is 1.69 bits per heavy atom. The van der Waals surface area contributed by atoms with Crippen LogP contribution in [0.4, 0.5) is 0 Å². The summed E-state index contributed by atoms with van der Waals surface area (Å²) in [6, 6.07) is 9.70. The van der Waals surface area contributed by atoms with Gasteiger partial charge in [0.25, 0.3) is 0 Å². The molecule has 3 aromatic rings. The van der Waals surface area contributed by atoms with E-state index in [9.17, 15) is 14.7 Å². The van der Waals surface area contributed by atoms with Gasteiger partial charge in [0, 0.05) is 29.8 Å². The highest BCUT2D eigenvalue weighted by atomic mass is 35.5. The van der Waals surface area contributed by atoms with E-state index in [0.717, 1.165) is 19.6 Å². The highest BCUT2D eigenvalue weighted by Crippen LogP contribution is 2.40. The number of fused-ring (bicyclic) bond motifs is 4. The third kappa shape index (κ3) is 3.50. The second-order valence-corrected chi connectivity index (χ2v) is 6.70. The van der Waals surface area contributed by atoms with Crippen molar-refractivity contribution >= 4 is 34.9 Å². The molecule has 1 aliphatic carbocycles. The number of benzene rings is 2. The number of furan rings is 1. The number of halogens is 1. The molecule has 0 fully saturated rings. The van der Waals surface area contributed by atoms with Crippen LogP contribution in [0, 0.1) is 0 Å². The summed E-state index contributed by atoms with van der Waals surface area (Å²) >= 11 is 0. The molecule has 1 N–H and O–H groups in total. The van der Waals surface area contributed by atoms with E-state index >= 15 is 0 Å². The van der Waals surface area contributed by atoms with Crippen LogP contribution in [0.15, 0.2) is 40.8 Å². The lowest BCUT2D eigenvalue weighted by molar-refractivity contribution is 0.0962. The summed E-state index contributed by atoms with van der Waals surface area (Å²) < 4.78 is 11.4. The molecule has 0 aliphatic heterocycles. The van der Waals surface area contributed by atoms with Crippen LogP contribution in [-0.4, -0.2) is 47.8 Å². The number of likely N-dealkylation sites (N-methyl/N-ethyl adjacent to an activating group) is 1. The summed E-state index contributed by atoms with van der Waals surface area (Å²) in [4.78, 5) is 27.9. The molecule has 1 aliphatic rings. The first kappa shape index (κ1) is 20.9. The number of hydrogen-bond acceptors (Lipinski definition) is 6. The number of ketones is 2. The second kappa shape index (κ2) is 8.27. The van der Waals surface area contributed by atoms with E-state index in [1.807, 2.05) is 0 Å². The molecule has 1 aromatic heterocycles. The summed E-state index contributed by atoms with van der Waals surface area (Å²) in [7, 11) is 0. The summed E-state index contributed by atoms with van der Waals surface area (Å²) in [5.41, 5.74) is 1.01. The molecule has 6 nitrogen and oxygen atoms in total. The molecule has 0 atom stereocenters. The first-order valence-electron chi connectivity index (χ1n) is 9.38. The second-order valence-electron chi connectivity index (χ2n) is 6.70. The average molecular weight is 416 g/mol. The van der Waals surface area contributed by atoms with Gasteiger partial charge in [-0.05, 0) is 13.1 Å². The molecular weight excluding hydrogens is 394 g/mol. The molecule has 4 rings (SSSR count). The third-order valence-electron chi connectivity index (χ3n) is 5.16. The fourth-order valence-corrected chi connectivity index (χ4v) is 3.61. The molecule has 7 heteroatoms. The van der Waals surface area contributed by atoms with Crippen LogP contribution in [0.1, 0.15) is 45.9 Å². The minimum Gasteiger partial charge on any atom is -0.507 e. The number of hydrogen-bond donors (Lipinski definition) is 1. The Balaban J connectivity index is 0.00000240. The van der Waals surface area contributed by atoms with E-state index in [1.165, 1.54) is 6.07 Å². The van der Waals surface area contributed by atoms with Crippen LogP contribution >= 0.6 is 12.4 Å². The Morgan fingerprint density at radius 3 is 2.34 bits per heavy atom. The van der Waals surface area contributed by atoms with E-state index in [4.69, 9.17) is 9.15 Å². The zero-order valence-electron chi connectivity index (χ0n) is 16.2. The molecule has 0 spiro atoms. The zero-order valence-corrected chi connectivity index (χ0v) is 17.0. The Morgan fingerprint density at radius 1 is 1.03 bits per heavy atom. The quantitative estimate of drug-likeness (QED) is 0.511. The van der Waals surface area contributed by atoms with Crippen molar-refractivity contribution in [1.82, 2.24) is 4.90 Å². The van der Waals surface area contributed by atoms with Crippen molar-refractivity contribution in [2.45, 2.75) is 13.8 Å². The highest BCUT2D eigenvalue weighted by Gasteiger charge is 2.36. The van der Waals surface area contributed by atoms with Gasteiger partial charge in [-0.1, -0.05) is 38.1 Å². The number of nitrogens with zero attached hydrogens (tertiary/aromatic N) is 1. The average Bonchev–Trinajstić information content (AvgIpc) is 3.10. The molecule has 0 saturated heterocycles. The number of ether oxygens (including phenoxy) is 1. The normalized spacial score (nSPS) is 12.7. The number of phenolic OH excluding ortho intramolecular Hbond substituents is 1. The Labute approximate surface area is 174 Å². The van der Waals surface area contributed by atoms with Crippen LogP contribution in [-0.2, 0) is 0 Å². The van der Waals surface area contributed by atoms with Crippen LogP contribution in [0.3, 0.4) is 0 Å². The number of aromatic hydroxyl groups is 1. The van der Waals surface area contributed by atoms with Gasteiger partial charge in [0.15, 0.2) is 11.5 Å². The standard InChI is InChI=1S/C22H21NO5.ClH/c1-3-23(4-2)9-10-27-13-11-16(24)18-17(12-13)28-22-19(18)20(25)14-7-5-6-8-15(14)21(22)26;/h5-8,11-12,24H,3-4,9-10H2,1-2H3;1H. The highest BCUT2D eigenvalue weighted by molar-refractivity contribution is 6.31. The van der Waals surface area contributed by atoms with Gasteiger partial charge in [-0.2, -0.15) is 0 Å². The summed E-state index contributed by atoms with van der Waals surface area (Å²) in [5, 5.41) is 10.8. The Kier molecular flexibility index (Phi) is 5.96. The minimum atomic E-state index is -0.357. The maximum atomic E-state index is 12.9. The van der Waals surface area contributed by atoms with Gasteiger partial charge < -0.3 is 19.2 Å². The first-order valence-corrected chi connectivity index (χ1v) is 9.38. The van der Waals surface area contributed by atoms with Crippen LogP contribution < -0.4 is 4.74 Å². The van der Waals surface area contributed by atoms with Crippen LogP contribution in [0.25, 0.3) is 11.0 Å². The maximum Gasteiger partial charge on any atom is 0.229 e. The number of phenols is 1. The van der Waals surface area contributed by atoms with Gasteiger partial charge in [-0.3, -0.25) is 9.59 Å². The van der Waals surface area contributed by atoms with Crippen molar-refractivity contribution in [3.63, 3.8) is 0 Å². The fourth-order valence-electron chi connectivity index (χ4n) is 3.61. The van der Waals surface area contributed by atoms with Crippen LogP contribution in [0.2, 0.25) is 0 Å². The van der Waals surface area contributed by atoms with Gasteiger partial charge in [0.05, 0.1) is 10.9 Å². The molecule has 0 saturated carbocycles. The van der Waals surface area contributed by atoms with Gasteiger partial charge in [-0.15, -0.1) is 12.4 Å². The van der Waals surface area contributed by atoms with Gasteiger partial charge >= 0.3 is 0 Å². The topological polar surface area (TPSA) is 80.0 Å². The maximum absolute atomic E-state index is 12.9. The smallest absolute Gasteiger partial charge is 0.229 e. The van der Waals surface area contributed by atoms with Crippen molar-refractivity contribution in [3.8, 4) is 11.5 Å². The largest absolute Gasteiger partial charge is 0.507 e. The predicted octanol–water partition coefficient (Wildman–Crippen LogP) is 4.06. The lowest BCUT2D eigenvalue weighted by atomic mass is 9.87. The number of rotatable bonds is 6. The molecule has 1 heterocycles. The lowest BCUT2D eigenvalue weighted by Gasteiger charge is -2.18. The van der Waals surface area contributed by atoms with E-state index in [2.05, 4.69) is 18.7 Å². The minimum absolute atomic E-state index is 0. The van der Waals surface area contributed by atoms with Crippen molar-refractivity contribution in [2.75, 3.05) is 26.2 Å². The SMILES string of the molecule is CCN(CC)CCOc1cc(O)c2c3c(oc2c1)C(=O)c1ccccc1C3=O.Cl. The van der Waals surface area contributed by atoms with Crippen molar-refractivity contribution in [1.29, 1.82) is 0 Å². The van der Waals surface area contributed by atoms with Crippen molar-refractivity contribution in [2.24, 2.45) is 0 Å². The third-order valence-corrected chi connectivity index (χ3v) is 5.16. The predicted molar refractivity (Wildman–Crippen MR) is 112 cm³/mol. The van der Waals surface area contributed by atoms with Gasteiger partial charge in [-0.25, -0.2) is 0 Å². The van der Waals surface area contributed by atoms with Crippen molar-refractivity contribution in [3.05, 3.63) is 58.8 Å². The van der Waals surface area contributed by atoms with E-state index < -0.39 is 0 Å². The van der Waals surface area contributed by atoms with Crippen LogP contribution in [0.5, 0.6) is 11.5 Å². The Hall–Kier alpha value is -2.83. The molecule has 2 aromatic carbocycles. The molecule has 0 amide bonds. The zero-order chi connectivity index (χ0) is 19.8. The fraction of sp³-hybridized carbons (Fsp3) is 0.273. The molecule has 152 valence electrons. The monoisotopic (exact) mass is 415 g/mol. The van der Waals surface area contributed by atoms with Crippen molar-refractivity contribution < 1.29 is 23.8 Å². The van der Waals surface area contributed by atoms with Gasteiger partial charge in [0.2, 0.25) is 5.78 Å². The van der Waals surface area contributed by atoms with E-state index in [1.54, 1.807) is 30.3 Å². The molecule has 0 bridgehead atoms. The summed E-state index contributed by atoms with van der Waals surface area (Å²) in [6.07, 6.45) is 0. The Bertz CT molecular complexity index is 1080. The molecule has 0 unspecified atom stereocenters. The number of carbonyl (C=O) groups excluding carboxylic acids is 2. The molecule has 0 radical (unpaired) electrons. The molecule has 29 heavy (non-hydrogen) atoms. The van der Waals surface area contributed by atoms with E-state index in [-0.39, 0.29) is 52.0 Å². The van der Waals surface area contributed by atoms with Gasteiger partial charge in [0.1, 0.15) is 23.7 Å². The number of carbonyl (C=O) groups is 2. The van der Waals surface area contributed by atoms with E-state index in [0.29, 0.717) is 23.5 Å². The lowest BCUT2D eigenvalue weighted by Crippen LogP contribution is -2.27. The first-order chi connectivity index (χ1) is 13.5. The summed E-state index contributed by atoms with van der Waals surface area (Å²) in [6.45, 7) is 7.24.